The first kappa shape index (κ1) is 19.7. The van der Waals surface area contributed by atoms with Gasteiger partial charge in [-0.05, 0) is 24.3 Å². The largest absolute Gasteiger partial charge is 0.467 e. The molecule has 0 radical (unpaired) electrons. The molecule has 2 aromatic heterocycles. The van der Waals surface area contributed by atoms with E-state index in [4.69, 9.17) is 20.8 Å². The fourth-order valence-electron chi connectivity index (χ4n) is 3.44. The molecule has 0 unspecified atom stereocenters. The summed E-state index contributed by atoms with van der Waals surface area (Å²) in [5, 5.41) is 1.79. The first-order chi connectivity index (χ1) is 14.7. The first-order valence-corrected chi connectivity index (χ1v) is 11.8. The molecule has 0 N–H and O–H groups in total. The Bertz CT molecular complexity index is 1170. The summed E-state index contributed by atoms with van der Waals surface area (Å²) in [5.74, 6) is 0.404. The summed E-state index contributed by atoms with van der Waals surface area (Å²) in [7, 11) is 0. The van der Waals surface area contributed by atoms with Gasteiger partial charge in [0.05, 0.1) is 15.5 Å². The predicted molar refractivity (Wildman–Crippen MR) is 120 cm³/mol. The van der Waals surface area contributed by atoms with E-state index in [1.807, 2.05) is 47.4 Å². The molecule has 0 bridgehead atoms. The molecule has 0 saturated carbocycles. The van der Waals surface area contributed by atoms with Gasteiger partial charge in [0.2, 0.25) is 5.91 Å². The van der Waals surface area contributed by atoms with Crippen LogP contribution in [0.25, 0.3) is 21.3 Å². The van der Waals surface area contributed by atoms with Crippen LogP contribution in [0.4, 0.5) is 0 Å². The molecule has 2 aromatic carbocycles. The Morgan fingerprint density at radius 1 is 1.20 bits per heavy atom. The standard InChI is InChI=1S/C21H18ClN3O3S2/c22-14-4-3-7-17-19(14)24-21(30-17)27-13-8-10-25(11-9-13)18(26)12-29-20-23-15-5-1-2-6-16(15)28-20/h1-7,13H,8-12H2. The lowest BCUT2D eigenvalue weighted by molar-refractivity contribution is -0.130. The number of ether oxygens (including phenoxy) is 1. The van der Waals surface area contributed by atoms with Gasteiger partial charge in [-0.3, -0.25) is 4.79 Å². The fourth-order valence-corrected chi connectivity index (χ4v) is 5.36. The number of carbonyl (C=O) groups excluding carboxylic acids is 1. The van der Waals surface area contributed by atoms with Crippen molar-refractivity contribution in [3.05, 3.63) is 47.5 Å². The topological polar surface area (TPSA) is 68.5 Å². The highest BCUT2D eigenvalue weighted by atomic mass is 35.5. The Labute approximate surface area is 186 Å². The highest BCUT2D eigenvalue weighted by molar-refractivity contribution is 7.99. The van der Waals surface area contributed by atoms with Crippen LogP contribution in [-0.2, 0) is 4.79 Å². The molecule has 3 heterocycles. The number of piperidine rings is 1. The quantitative estimate of drug-likeness (QED) is 0.379. The minimum atomic E-state index is 0.0538. The monoisotopic (exact) mass is 459 g/mol. The smallest absolute Gasteiger partial charge is 0.274 e. The van der Waals surface area contributed by atoms with Gasteiger partial charge in [0, 0.05) is 25.9 Å². The molecule has 0 aliphatic carbocycles. The molecule has 6 nitrogen and oxygen atoms in total. The Kier molecular flexibility index (Phi) is 5.54. The molecule has 1 fully saturated rings. The van der Waals surface area contributed by atoms with Crippen molar-refractivity contribution in [2.45, 2.75) is 24.2 Å². The summed E-state index contributed by atoms with van der Waals surface area (Å²) < 4.78 is 12.8. The summed E-state index contributed by atoms with van der Waals surface area (Å²) in [6.07, 6.45) is 1.62. The molecule has 154 valence electrons. The van der Waals surface area contributed by atoms with Gasteiger partial charge in [0.25, 0.3) is 10.4 Å². The van der Waals surface area contributed by atoms with Crippen molar-refractivity contribution in [1.82, 2.24) is 14.9 Å². The molecule has 1 amide bonds. The number of hydrogen-bond acceptors (Lipinski definition) is 7. The number of para-hydroxylation sites is 3. The van der Waals surface area contributed by atoms with Gasteiger partial charge >= 0.3 is 0 Å². The third-order valence-corrected chi connectivity index (χ3v) is 7.04. The summed E-state index contributed by atoms with van der Waals surface area (Å²) >= 11 is 9.03. The van der Waals surface area contributed by atoms with Crippen LogP contribution in [0.2, 0.25) is 5.02 Å². The SMILES string of the molecule is O=C(CSc1nc2ccccc2o1)N1CCC(Oc2nc3c(Cl)cccc3s2)CC1. The van der Waals surface area contributed by atoms with Crippen LogP contribution in [0, 0.1) is 0 Å². The van der Waals surface area contributed by atoms with Crippen molar-refractivity contribution in [3.8, 4) is 5.19 Å². The molecule has 30 heavy (non-hydrogen) atoms. The zero-order valence-corrected chi connectivity index (χ0v) is 18.3. The number of benzene rings is 2. The Morgan fingerprint density at radius 2 is 2.03 bits per heavy atom. The van der Waals surface area contributed by atoms with Gasteiger partial charge in [-0.25, -0.2) is 9.97 Å². The molecule has 1 saturated heterocycles. The van der Waals surface area contributed by atoms with Crippen LogP contribution in [0.1, 0.15) is 12.8 Å². The second-order valence-electron chi connectivity index (χ2n) is 7.00. The van der Waals surface area contributed by atoms with E-state index in [0.29, 0.717) is 34.3 Å². The van der Waals surface area contributed by atoms with Crippen molar-refractivity contribution >= 4 is 61.9 Å². The number of halogens is 1. The fraction of sp³-hybridized carbons (Fsp3) is 0.286. The van der Waals surface area contributed by atoms with E-state index < -0.39 is 0 Å². The van der Waals surface area contributed by atoms with Crippen LogP contribution < -0.4 is 4.74 Å². The van der Waals surface area contributed by atoms with Crippen LogP contribution in [-0.4, -0.2) is 45.7 Å². The zero-order chi connectivity index (χ0) is 20.5. The predicted octanol–water partition coefficient (Wildman–Crippen LogP) is 5.25. The van der Waals surface area contributed by atoms with Crippen molar-refractivity contribution < 1.29 is 13.9 Å². The average Bonchev–Trinajstić information content (AvgIpc) is 3.36. The number of likely N-dealkylation sites (tertiary alicyclic amines) is 1. The highest BCUT2D eigenvalue weighted by Crippen LogP contribution is 2.33. The van der Waals surface area contributed by atoms with Gasteiger partial charge in [-0.2, -0.15) is 0 Å². The maximum Gasteiger partial charge on any atom is 0.274 e. The van der Waals surface area contributed by atoms with Crippen molar-refractivity contribution in [2.75, 3.05) is 18.8 Å². The minimum Gasteiger partial charge on any atom is -0.467 e. The third-order valence-electron chi connectivity index (χ3n) is 5.01. The third kappa shape index (κ3) is 4.12. The van der Waals surface area contributed by atoms with Crippen molar-refractivity contribution in [3.63, 3.8) is 0 Å². The number of oxazole rings is 1. The minimum absolute atomic E-state index is 0.0538. The van der Waals surface area contributed by atoms with E-state index >= 15 is 0 Å². The Balaban J connectivity index is 1.13. The number of carbonyl (C=O) groups is 1. The number of fused-ring (bicyclic) bond motifs is 2. The number of nitrogens with zero attached hydrogens (tertiary/aromatic N) is 3. The van der Waals surface area contributed by atoms with Crippen molar-refractivity contribution in [2.24, 2.45) is 0 Å². The van der Waals surface area contributed by atoms with Gasteiger partial charge in [0.1, 0.15) is 17.1 Å². The molecule has 0 atom stereocenters. The molecule has 4 aromatic rings. The van der Waals surface area contributed by atoms with Gasteiger partial charge in [-0.15, -0.1) is 0 Å². The first-order valence-electron chi connectivity index (χ1n) is 9.63. The highest BCUT2D eigenvalue weighted by Gasteiger charge is 2.25. The van der Waals surface area contributed by atoms with Gasteiger partial charge in [0.15, 0.2) is 5.58 Å². The average molecular weight is 460 g/mol. The van der Waals surface area contributed by atoms with Crippen LogP contribution in [0.15, 0.2) is 52.1 Å². The lowest BCUT2D eigenvalue weighted by atomic mass is 10.1. The number of amides is 1. The number of rotatable bonds is 5. The zero-order valence-electron chi connectivity index (χ0n) is 15.9. The summed E-state index contributed by atoms with van der Waals surface area (Å²) in [6.45, 7) is 1.34. The van der Waals surface area contributed by atoms with E-state index in [1.165, 1.54) is 23.1 Å². The summed E-state index contributed by atoms with van der Waals surface area (Å²) in [6, 6.07) is 13.3. The maximum absolute atomic E-state index is 12.6. The van der Waals surface area contributed by atoms with Crippen molar-refractivity contribution in [1.29, 1.82) is 0 Å². The second-order valence-corrected chi connectivity index (χ2v) is 9.33. The van der Waals surface area contributed by atoms with Crippen LogP contribution in [0.3, 0.4) is 0 Å². The second kappa shape index (κ2) is 8.45. The van der Waals surface area contributed by atoms with Crippen LogP contribution in [0.5, 0.6) is 5.19 Å². The Hall–Kier alpha value is -2.29. The number of aromatic nitrogens is 2. The molecular weight excluding hydrogens is 442 g/mol. The lowest BCUT2D eigenvalue weighted by Gasteiger charge is -2.31. The molecule has 0 spiro atoms. The van der Waals surface area contributed by atoms with E-state index in [9.17, 15) is 4.79 Å². The normalized spacial score (nSPS) is 15.2. The van der Waals surface area contributed by atoms with E-state index in [2.05, 4.69) is 9.97 Å². The van der Waals surface area contributed by atoms with Gasteiger partial charge < -0.3 is 14.1 Å². The summed E-state index contributed by atoms with van der Waals surface area (Å²) in [5.41, 5.74) is 2.33. The Morgan fingerprint density at radius 3 is 2.83 bits per heavy atom. The number of thioether (sulfide) groups is 1. The number of hydrogen-bond donors (Lipinski definition) is 0. The van der Waals surface area contributed by atoms with E-state index in [-0.39, 0.29) is 12.0 Å². The molecule has 1 aliphatic heterocycles. The molecule has 9 heteroatoms. The molecular formula is C21H18ClN3O3S2. The van der Waals surface area contributed by atoms with E-state index in [1.54, 1.807) is 0 Å². The molecule has 1 aliphatic rings. The summed E-state index contributed by atoms with van der Waals surface area (Å²) in [4.78, 5) is 23.4. The van der Waals surface area contributed by atoms with Gasteiger partial charge in [-0.1, -0.05) is 52.9 Å². The number of thiazole rings is 1. The maximum atomic E-state index is 12.6. The van der Waals surface area contributed by atoms with E-state index in [0.717, 1.165) is 34.2 Å². The lowest BCUT2D eigenvalue weighted by Crippen LogP contribution is -2.42. The molecule has 5 rings (SSSR count). The van der Waals surface area contributed by atoms with Crippen LogP contribution >= 0.6 is 34.7 Å².